The van der Waals surface area contributed by atoms with Crippen molar-refractivity contribution in [2.75, 3.05) is 12.4 Å². The zero-order valence-electron chi connectivity index (χ0n) is 23.4. The first-order valence-electron chi connectivity index (χ1n) is 13.2. The summed E-state index contributed by atoms with van der Waals surface area (Å²) < 4.78 is 7.40. The third-order valence-electron chi connectivity index (χ3n) is 6.62. The van der Waals surface area contributed by atoms with Gasteiger partial charge < -0.3 is 14.8 Å². The molecule has 0 spiro atoms. The SMILES string of the molecule is [C-]#[N+]c1ccc(CC(=O)[C@@](C)(O)CSc2ccc(OCC)c(-c3nc4c(CCC)nn(C)c4c(=O)[nH]3)c2)cc1C. The van der Waals surface area contributed by atoms with Crippen LogP contribution in [0.15, 0.2) is 46.1 Å². The van der Waals surface area contributed by atoms with Crippen molar-refractivity contribution < 1.29 is 14.6 Å². The number of benzene rings is 2. The average Bonchev–Trinajstić information content (AvgIpc) is 3.23. The van der Waals surface area contributed by atoms with Crippen molar-refractivity contribution in [2.45, 2.75) is 57.5 Å². The van der Waals surface area contributed by atoms with Gasteiger partial charge in [0, 0.05) is 24.1 Å². The molecule has 0 radical (unpaired) electrons. The summed E-state index contributed by atoms with van der Waals surface area (Å²) in [5, 5.41) is 15.5. The third kappa shape index (κ3) is 6.11. The van der Waals surface area contributed by atoms with Gasteiger partial charge in [-0.05, 0) is 56.5 Å². The van der Waals surface area contributed by atoms with Crippen LogP contribution < -0.4 is 10.3 Å². The smallest absolute Gasteiger partial charge is 0.277 e. The van der Waals surface area contributed by atoms with Gasteiger partial charge in [0.2, 0.25) is 0 Å². The topological polar surface area (TPSA) is 114 Å². The van der Waals surface area contributed by atoms with Gasteiger partial charge in [-0.25, -0.2) is 9.83 Å². The highest BCUT2D eigenvalue weighted by Crippen LogP contribution is 2.34. The molecule has 9 nitrogen and oxygen atoms in total. The fraction of sp³-hybridized carbons (Fsp3) is 0.367. The molecule has 4 aromatic rings. The van der Waals surface area contributed by atoms with Gasteiger partial charge in [-0.15, -0.1) is 11.8 Å². The quantitative estimate of drug-likeness (QED) is 0.192. The van der Waals surface area contributed by atoms with Crippen LogP contribution in [0.1, 0.15) is 44.0 Å². The minimum Gasteiger partial charge on any atom is -0.493 e. The van der Waals surface area contributed by atoms with Crippen molar-refractivity contribution in [1.82, 2.24) is 19.7 Å². The van der Waals surface area contributed by atoms with Crippen molar-refractivity contribution in [3.63, 3.8) is 0 Å². The Morgan fingerprint density at radius 3 is 2.70 bits per heavy atom. The first-order valence-corrected chi connectivity index (χ1v) is 14.1. The molecule has 2 aromatic heterocycles. The molecule has 0 bridgehead atoms. The highest BCUT2D eigenvalue weighted by molar-refractivity contribution is 7.99. The molecule has 1 atom stereocenters. The van der Waals surface area contributed by atoms with Crippen LogP contribution in [0, 0.1) is 13.5 Å². The number of aromatic amines is 1. The third-order valence-corrected chi connectivity index (χ3v) is 7.92. The number of aliphatic hydroxyl groups is 1. The number of aryl methyl sites for hydroxylation is 3. The van der Waals surface area contributed by atoms with Crippen LogP contribution in [0.2, 0.25) is 0 Å². The number of thioether (sulfide) groups is 1. The number of hydrogen-bond acceptors (Lipinski definition) is 7. The van der Waals surface area contributed by atoms with Crippen molar-refractivity contribution in [3.8, 4) is 17.1 Å². The molecule has 0 aliphatic heterocycles. The lowest BCUT2D eigenvalue weighted by molar-refractivity contribution is -0.132. The van der Waals surface area contributed by atoms with Gasteiger partial charge >= 0.3 is 0 Å². The average molecular weight is 560 g/mol. The van der Waals surface area contributed by atoms with Crippen LogP contribution in [-0.2, 0) is 24.7 Å². The Balaban J connectivity index is 1.60. The van der Waals surface area contributed by atoms with E-state index in [0.717, 1.165) is 28.1 Å². The van der Waals surface area contributed by atoms with Gasteiger partial charge in [0.1, 0.15) is 22.7 Å². The lowest BCUT2D eigenvalue weighted by Gasteiger charge is -2.22. The minimum absolute atomic E-state index is 0.0670. The van der Waals surface area contributed by atoms with Crippen molar-refractivity contribution >= 4 is 34.3 Å². The molecule has 2 N–H and O–H groups in total. The number of fused-ring (bicyclic) bond motifs is 1. The van der Waals surface area contributed by atoms with E-state index in [-0.39, 0.29) is 23.5 Å². The van der Waals surface area contributed by atoms with E-state index in [4.69, 9.17) is 16.3 Å². The van der Waals surface area contributed by atoms with Gasteiger partial charge in [-0.1, -0.05) is 31.5 Å². The maximum absolute atomic E-state index is 13.0. The fourth-order valence-corrected chi connectivity index (χ4v) is 5.45. The predicted molar refractivity (Wildman–Crippen MR) is 157 cm³/mol. The number of rotatable bonds is 11. The number of ether oxygens (including phenoxy) is 1. The van der Waals surface area contributed by atoms with Crippen LogP contribution in [0.3, 0.4) is 0 Å². The molecule has 10 heteroatoms. The summed E-state index contributed by atoms with van der Waals surface area (Å²) in [7, 11) is 1.73. The van der Waals surface area contributed by atoms with Crippen LogP contribution in [0.25, 0.3) is 27.3 Å². The lowest BCUT2D eigenvalue weighted by Crippen LogP contribution is -2.39. The number of carbonyl (C=O) groups excluding carboxylic acids is 1. The predicted octanol–water partition coefficient (Wildman–Crippen LogP) is 5.19. The monoisotopic (exact) mass is 559 g/mol. The fourth-order valence-electron chi connectivity index (χ4n) is 4.48. The van der Waals surface area contributed by atoms with Crippen LogP contribution in [0.4, 0.5) is 5.69 Å². The van der Waals surface area contributed by atoms with E-state index < -0.39 is 5.60 Å². The highest BCUT2D eigenvalue weighted by atomic mass is 32.2. The Labute approximate surface area is 237 Å². The molecule has 0 saturated heterocycles. The summed E-state index contributed by atoms with van der Waals surface area (Å²) >= 11 is 1.33. The number of carbonyl (C=O) groups is 1. The Morgan fingerprint density at radius 1 is 1.25 bits per heavy atom. The summed E-state index contributed by atoms with van der Waals surface area (Å²) in [6.07, 6.45) is 1.64. The summed E-state index contributed by atoms with van der Waals surface area (Å²) in [6.45, 7) is 14.9. The standard InChI is InChI=1S/C30H33N5O4S/c1-7-9-23-26-27(35(6)34-23)29(37)33-28(32-26)21-16-20(11-13-24(21)39-8-2)40-17-30(4,38)25(36)15-19-10-12-22(31-5)18(3)14-19/h10-14,16,38H,7-9,15,17H2,1-4,6H3,(H,32,33,37)/t30-/m0/s1. The number of hydrogen-bond donors (Lipinski definition) is 2. The van der Waals surface area contributed by atoms with Gasteiger partial charge in [-0.3, -0.25) is 14.3 Å². The number of aromatic nitrogens is 4. The zero-order valence-corrected chi connectivity index (χ0v) is 24.2. The number of H-pyrrole nitrogens is 1. The first kappa shape index (κ1) is 29.1. The summed E-state index contributed by atoms with van der Waals surface area (Å²) in [5.74, 6) is 0.758. The second kappa shape index (κ2) is 12.1. The number of ketones is 1. The zero-order chi connectivity index (χ0) is 29.0. The highest BCUT2D eigenvalue weighted by Gasteiger charge is 2.30. The Kier molecular flexibility index (Phi) is 8.76. The molecule has 208 valence electrons. The second-order valence-corrected chi connectivity index (χ2v) is 11.0. The normalized spacial score (nSPS) is 12.7. The van der Waals surface area contributed by atoms with Crippen LogP contribution in [0.5, 0.6) is 5.75 Å². The summed E-state index contributed by atoms with van der Waals surface area (Å²) in [5.41, 5.74) is 2.60. The minimum atomic E-state index is -1.58. The molecule has 0 saturated carbocycles. The number of Topliss-reactive ketones (excluding diaryl/α,β-unsaturated/α-hetero) is 1. The molecule has 4 rings (SSSR count). The molecule has 0 amide bonds. The van der Waals surface area contributed by atoms with E-state index in [1.54, 1.807) is 29.9 Å². The Bertz CT molecular complexity index is 1670. The maximum atomic E-state index is 13.0. The van der Waals surface area contributed by atoms with E-state index in [1.807, 2.05) is 32.0 Å². The Morgan fingerprint density at radius 2 is 2.02 bits per heavy atom. The molecule has 0 aliphatic rings. The lowest BCUT2D eigenvalue weighted by atomic mass is 9.96. The summed E-state index contributed by atoms with van der Waals surface area (Å²) in [6, 6.07) is 10.8. The number of nitrogens with one attached hydrogen (secondary N) is 1. The first-order chi connectivity index (χ1) is 19.1. The molecule has 0 fully saturated rings. The molecule has 0 unspecified atom stereocenters. The van der Waals surface area contributed by atoms with E-state index in [0.29, 0.717) is 46.9 Å². The van der Waals surface area contributed by atoms with Gasteiger partial charge in [-0.2, -0.15) is 5.10 Å². The van der Waals surface area contributed by atoms with E-state index in [2.05, 4.69) is 21.9 Å². The van der Waals surface area contributed by atoms with Crippen molar-refractivity contribution in [2.24, 2.45) is 7.05 Å². The molecular formula is C30H33N5O4S. The maximum Gasteiger partial charge on any atom is 0.277 e. The van der Waals surface area contributed by atoms with Crippen LogP contribution >= 0.6 is 11.8 Å². The van der Waals surface area contributed by atoms with Gasteiger partial charge in [0.25, 0.3) is 5.56 Å². The van der Waals surface area contributed by atoms with Crippen molar-refractivity contribution in [3.05, 3.63) is 75.0 Å². The van der Waals surface area contributed by atoms with Gasteiger partial charge in [0.15, 0.2) is 17.0 Å². The Hall–Kier alpha value is -3.94. The van der Waals surface area contributed by atoms with E-state index in [1.165, 1.54) is 18.7 Å². The number of nitrogens with zero attached hydrogens (tertiary/aromatic N) is 4. The molecule has 0 aliphatic carbocycles. The van der Waals surface area contributed by atoms with Crippen LogP contribution in [-0.4, -0.2) is 48.6 Å². The molecule has 2 aromatic carbocycles. The van der Waals surface area contributed by atoms with E-state index >= 15 is 0 Å². The van der Waals surface area contributed by atoms with E-state index in [9.17, 15) is 14.7 Å². The second-order valence-electron chi connectivity index (χ2n) is 9.92. The molecular weight excluding hydrogens is 526 g/mol. The summed E-state index contributed by atoms with van der Waals surface area (Å²) in [4.78, 5) is 37.9. The van der Waals surface area contributed by atoms with Crippen molar-refractivity contribution in [1.29, 1.82) is 0 Å². The van der Waals surface area contributed by atoms with Gasteiger partial charge in [0.05, 0.1) is 24.4 Å². The molecule has 2 heterocycles. The molecule has 40 heavy (non-hydrogen) atoms. The largest absolute Gasteiger partial charge is 0.493 e.